The molecule has 1 aromatic heterocycles. The number of halogens is 1. The summed E-state index contributed by atoms with van der Waals surface area (Å²) in [5.74, 6) is 0.474. The number of nitrogens with one attached hydrogen (secondary N) is 1. The van der Waals surface area contributed by atoms with Gasteiger partial charge >= 0.3 is 0 Å². The summed E-state index contributed by atoms with van der Waals surface area (Å²) in [4.78, 5) is 30.6. The first kappa shape index (κ1) is 22.5. The van der Waals surface area contributed by atoms with Gasteiger partial charge in [0.05, 0.1) is 12.3 Å². The van der Waals surface area contributed by atoms with Crippen LogP contribution in [0.4, 0.5) is 5.69 Å². The molecule has 0 saturated carbocycles. The second-order valence-corrected chi connectivity index (χ2v) is 7.29. The number of rotatable bonds is 8. The van der Waals surface area contributed by atoms with Gasteiger partial charge in [0.1, 0.15) is 18.1 Å². The van der Waals surface area contributed by atoms with Crippen molar-refractivity contribution < 1.29 is 14.6 Å². The minimum atomic E-state index is -0.405. The maximum Gasteiger partial charge on any atom is 0.257 e. The highest BCUT2D eigenvalue weighted by Crippen LogP contribution is 2.24. The second kappa shape index (κ2) is 10.2. The van der Waals surface area contributed by atoms with Gasteiger partial charge in [-0.2, -0.15) is 0 Å². The number of aryl methyl sites for hydroxylation is 1. The van der Waals surface area contributed by atoms with Crippen LogP contribution in [0.3, 0.4) is 0 Å². The van der Waals surface area contributed by atoms with Gasteiger partial charge in [-0.15, -0.1) is 0 Å². The molecule has 0 bridgehead atoms. The minimum Gasteiger partial charge on any atom is -0.492 e. The van der Waals surface area contributed by atoms with Gasteiger partial charge in [0.15, 0.2) is 0 Å². The molecule has 3 aromatic rings. The molecule has 162 valence electrons. The first-order valence-corrected chi connectivity index (χ1v) is 10.3. The molecule has 3 rings (SSSR count). The molecule has 0 fully saturated rings. The van der Waals surface area contributed by atoms with E-state index in [1.54, 1.807) is 49.4 Å². The average Bonchev–Trinajstić information content (AvgIpc) is 2.74. The summed E-state index contributed by atoms with van der Waals surface area (Å²) in [6.45, 7) is 3.58. The zero-order valence-electron chi connectivity index (χ0n) is 17.4. The van der Waals surface area contributed by atoms with Crippen LogP contribution in [0, 0.1) is 6.92 Å². The second-order valence-electron chi connectivity index (χ2n) is 6.85. The summed E-state index contributed by atoms with van der Waals surface area (Å²) in [6.07, 6.45) is 0.155. The molecule has 0 aliphatic heterocycles. The lowest BCUT2D eigenvalue weighted by molar-refractivity contribution is -0.116. The summed E-state index contributed by atoms with van der Waals surface area (Å²) in [6, 6.07) is 14.0. The van der Waals surface area contributed by atoms with Crippen LogP contribution in [0.5, 0.6) is 5.75 Å². The molecule has 0 atom stereocenters. The van der Waals surface area contributed by atoms with Gasteiger partial charge in [-0.25, -0.2) is 4.98 Å². The standard InChI is InChI=1S/C23H24ClN3O4/c1-3-31-20-10-5-4-9-19(20)26-21(29)14-27-22(16-7-6-8-17(24)13-16)25-15(2)18(11-12-28)23(27)30/h4-10,13,28H,3,11-12,14H2,1-2H3,(H,26,29). The Kier molecular flexibility index (Phi) is 7.44. The number of carbonyl (C=O) groups excluding carboxylic acids is 1. The van der Waals surface area contributed by atoms with Crippen LogP contribution in [0.2, 0.25) is 5.02 Å². The third kappa shape index (κ3) is 5.31. The summed E-state index contributed by atoms with van der Waals surface area (Å²) in [5.41, 5.74) is 1.64. The van der Waals surface area contributed by atoms with Gasteiger partial charge in [0.2, 0.25) is 5.91 Å². The van der Waals surface area contributed by atoms with Crippen molar-refractivity contribution in [2.75, 3.05) is 18.5 Å². The van der Waals surface area contributed by atoms with Gasteiger partial charge in [0.25, 0.3) is 5.56 Å². The fraction of sp³-hybridized carbons (Fsp3) is 0.261. The number of nitrogens with zero attached hydrogens (tertiary/aromatic N) is 2. The molecule has 0 radical (unpaired) electrons. The van der Waals surface area contributed by atoms with E-state index < -0.39 is 5.91 Å². The minimum absolute atomic E-state index is 0.155. The normalized spacial score (nSPS) is 10.7. The molecule has 2 N–H and O–H groups in total. The first-order valence-electron chi connectivity index (χ1n) is 9.93. The number of hydrogen-bond donors (Lipinski definition) is 2. The molecular formula is C23H24ClN3O4. The Labute approximate surface area is 185 Å². The SMILES string of the molecule is CCOc1ccccc1NC(=O)Cn1c(-c2cccc(Cl)c2)nc(C)c(CCO)c1=O. The predicted molar refractivity (Wildman–Crippen MR) is 121 cm³/mol. The van der Waals surface area contributed by atoms with Crippen LogP contribution < -0.4 is 15.6 Å². The predicted octanol–water partition coefficient (Wildman–Crippen LogP) is 3.44. The van der Waals surface area contributed by atoms with Gasteiger partial charge in [-0.1, -0.05) is 35.9 Å². The van der Waals surface area contributed by atoms with Crippen molar-refractivity contribution in [3.8, 4) is 17.1 Å². The topological polar surface area (TPSA) is 93.4 Å². The molecule has 0 aliphatic rings. The van der Waals surface area contributed by atoms with Crippen LogP contribution in [0.25, 0.3) is 11.4 Å². The van der Waals surface area contributed by atoms with Crippen molar-refractivity contribution in [3.05, 3.63) is 75.2 Å². The molecule has 0 spiro atoms. The van der Waals surface area contributed by atoms with E-state index in [9.17, 15) is 14.7 Å². The number of para-hydroxylation sites is 2. The highest BCUT2D eigenvalue weighted by atomic mass is 35.5. The fourth-order valence-electron chi connectivity index (χ4n) is 3.28. The maximum atomic E-state index is 13.2. The van der Waals surface area contributed by atoms with E-state index in [4.69, 9.17) is 16.3 Å². The van der Waals surface area contributed by atoms with E-state index >= 15 is 0 Å². The Morgan fingerprint density at radius 1 is 1.23 bits per heavy atom. The van der Waals surface area contributed by atoms with Crippen molar-refractivity contribution in [2.24, 2.45) is 0 Å². The zero-order chi connectivity index (χ0) is 22.4. The monoisotopic (exact) mass is 441 g/mol. The molecule has 8 heteroatoms. The van der Waals surface area contributed by atoms with Crippen molar-refractivity contribution in [1.29, 1.82) is 0 Å². The molecule has 0 saturated heterocycles. The van der Waals surface area contributed by atoms with E-state index in [1.165, 1.54) is 4.57 Å². The third-order valence-corrected chi connectivity index (χ3v) is 4.91. The first-order chi connectivity index (χ1) is 14.9. The van der Waals surface area contributed by atoms with E-state index in [-0.39, 0.29) is 25.1 Å². The van der Waals surface area contributed by atoms with E-state index in [2.05, 4.69) is 10.3 Å². The van der Waals surface area contributed by atoms with Crippen molar-refractivity contribution >= 4 is 23.2 Å². The molecule has 2 aromatic carbocycles. The Hall–Kier alpha value is -3.16. The van der Waals surface area contributed by atoms with E-state index in [0.29, 0.717) is 45.7 Å². The van der Waals surface area contributed by atoms with Crippen molar-refractivity contribution in [1.82, 2.24) is 9.55 Å². The molecule has 31 heavy (non-hydrogen) atoms. The molecule has 0 unspecified atom stereocenters. The number of carbonyl (C=O) groups is 1. The van der Waals surface area contributed by atoms with Crippen molar-refractivity contribution in [3.63, 3.8) is 0 Å². The largest absolute Gasteiger partial charge is 0.492 e. The quantitative estimate of drug-likeness (QED) is 0.558. The summed E-state index contributed by atoms with van der Waals surface area (Å²) in [7, 11) is 0. The Morgan fingerprint density at radius 3 is 2.71 bits per heavy atom. The number of hydrogen-bond acceptors (Lipinski definition) is 5. The molecule has 1 heterocycles. The highest BCUT2D eigenvalue weighted by Gasteiger charge is 2.18. The van der Waals surface area contributed by atoms with Crippen LogP contribution in [0.1, 0.15) is 18.2 Å². The number of benzene rings is 2. The smallest absolute Gasteiger partial charge is 0.257 e. The number of aliphatic hydroxyl groups excluding tert-OH is 1. The van der Waals surface area contributed by atoms with Crippen LogP contribution in [-0.2, 0) is 17.8 Å². The van der Waals surface area contributed by atoms with E-state index in [0.717, 1.165) is 0 Å². The van der Waals surface area contributed by atoms with Crippen LogP contribution in [-0.4, -0.2) is 33.8 Å². The molecule has 7 nitrogen and oxygen atoms in total. The highest BCUT2D eigenvalue weighted by molar-refractivity contribution is 6.30. The van der Waals surface area contributed by atoms with Gasteiger partial charge in [0, 0.05) is 34.9 Å². The number of ether oxygens (including phenoxy) is 1. The molecule has 0 aliphatic carbocycles. The van der Waals surface area contributed by atoms with Gasteiger partial charge < -0.3 is 15.2 Å². The summed E-state index contributed by atoms with van der Waals surface area (Å²) in [5, 5.41) is 12.6. The number of aliphatic hydroxyl groups is 1. The number of amides is 1. The Bertz CT molecular complexity index is 1140. The lowest BCUT2D eigenvalue weighted by atomic mass is 10.1. The Balaban J connectivity index is 2.02. The van der Waals surface area contributed by atoms with Gasteiger partial charge in [-0.05, 0) is 38.1 Å². The molecular weight excluding hydrogens is 418 g/mol. The lowest BCUT2D eigenvalue weighted by Crippen LogP contribution is -2.33. The Morgan fingerprint density at radius 2 is 2.00 bits per heavy atom. The van der Waals surface area contributed by atoms with Crippen LogP contribution in [0.15, 0.2) is 53.3 Å². The zero-order valence-corrected chi connectivity index (χ0v) is 18.1. The summed E-state index contributed by atoms with van der Waals surface area (Å²) >= 11 is 6.13. The summed E-state index contributed by atoms with van der Waals surface area (Å²) < 4.78 is 6.85. The van der Waals surface area contributed by atoms with Crippen LogP contribution >= 0.6 is 11.6 Å². The molecule has 1 amide bonds. The maximum absolute atomic E-state index is 13.2. The van der Waals surface area contributed by atoms with E-state index in [1.807, 2.05) is 13.0 Å². The van der Waals surface area contributed by atoms with Crippen molar-refractivity contribution in [2.45, 2.75) is 26.8 Å². The fourth-order valence-corrected chi connectivity index (χ4v) is 3.47. The number of aromatic nitrogens is 2. The van der Waals surface area contributed by atoms with Gasteiger partial charge in [-0.3, -0.25) is 14.2 Å². The lowest BCUT2D eigenvalue weighted by Gasteiger charge is -2.17. The average molecular weight is 442 g/mol. The number of anilines is 1. The third-order valence-electron chi connectivity index (χ3n) is 4.68.